The molecule has 3 aromatic rings. The Morgan fingerprint density at radius 3 is 2.65 bits per heavy atom. The van der Waals surface area contributed by atoms with E-state index in [0.717, 1.165) is 53.6 Å². The lowest BCUT2D eigenvalue weighted by Gasteiger charge is -2.34. The molecule has 2 N–H and O–H groups in total. The fraction of sp³-hybridized carbons (Fsp3) is 0.364. The first kappa shape index (κ1) is 21.7. The van der Waals surface area contributed by atoms with Gasteiger partial charge in [-0.3, -0.25) is 9.36 Å². The molecule has 2 heterocycles. The zero-order valence-corrected chi connectivity index (χ0v) is 18.6. The first-order chi connectivity index (χ1) is 14.8. The minimum Gasteiger partial charge on any atom is -0.348 e. The maximum absolute atomic E-state index is 13.4. The number of fused-ring (bicyclic) bond motifs is 1. The van der Waals surface area contributed by atoms with Crippen molar-refractivity contribution in [3.63, 3.8) is 0 Å². The molecule has 9 heteroatoms. The van der Waals surface area contributed by atoms with Gasteiger partial charge in [-0.2, -0.15) is 0 Å². The van der Waals surface area contributed by atoms with Gasteiger partial charge in [-0.1, -0.05) is 15.9 Å². The molecule has 2 aromatic carbocycles. The minimum atomic E-state index is -1.04. The van der Waals surface area contributed by atoms with Crippen molar-refractivity contribution >= 4 is 32.9 Å². The number of aromatic amines is 1. The predicted octanol–water partition coefficient (Wildman–Crippen LogP) is 3.83. The highest BCUT2D eigenvalue weighted by atomic mass is 79.9. The Labute approximate surface area is 186 Å². The second-order valence-corrected chi connectivity index (χ2v) is 8.91. The Morgan fingerprint density at radius 2 is 1.94 bits per heavy atom. The highest BCUT2D eigenvalue weighted by molar-refractivity contribution is 9.10. The molecule has 4 rings (SSSR count). The summed E-state index contributed by atoms with van der Waals surface area (Å²) in [6, 6.07) is 8.85. The number of hydrogen-bond donors (Lipinski definition) is 2. The van der Waals surface area contributed by atoms with Crippen LogP contribution in [0.4, 0.5) is 8.78 Å². The summed E-state index contributed by atoms with van der Waals surface area (Å²) in [6.45, 7) is 4.11. The number of carbonyl (C=O) groups excluding carboxylic acids is 1. The maximum atomic E-state index is 13.4. The van der Waals surface area contributed by atoms with Crippen molar-refractivity contribution in [2.24, 2.45) is 0 Å². The molecule has 1 aromatic heterocycles. The van der Waals surface area contributed by atoms with Crippen molar-refractivity contribution in [1.29, 1.82) is 0 Å². The number of amides is 1. The highest BCUT2D eigenvalue weighted by Gasteiger charge is 2.25. The molecular formula is C22H23BrF2N4O2. The number of nitrogens with one attached hydrogen (secondary N) is 2. The predicted molar refractivity (Wildman–Crippen MR) is 118 cm³/mol. The number of rotatable bonds is 5. The third-order valence-electron chi connectivity index (χ3n) is 5.69. The molecule has 1 aliphatic heterocycles. The van der Waals surface area contributed by atoms with Crippen LogP contribution < -0.4 is 11.0 Å². The van der Waals surface area contributed by atoms with Crippen molar-refractivity contribution in [3.05, 3.63) is 68.6 Å². The zero-order chi connectivity index (χ0) is 22.1. The van der Waals surface area contributed by atoms with Gasteiger partial charge in [0.05, 0.1) is 11.0 Å². The summed E-state index contributed by atoms with van der Waals surface area (Å²) in [5, 5.41) is 2.83. The van der Waals surface area contributed by atoms with Crippen LogP contribution in [-0.2, 0) is 0 Å². The Morgan fingerprint density at radius 1 is 1.19 bits per heavy atom. The standard InChI is InChI=1S/C22H23BrF2N4O2/c1-13(26-21(30)14-2-4-17(24)18(25)10-14)12-28-8-6-16(7-9-28)29-20-5-3-15(23)11-19(20)27-22(29)31/h2-5,10-11,13,16H,6-9,12H2,1H3,(H,26,30)(H,27,31)/t13-/m0/s1. The summed E-state index contributed by atoms with van der Waals surface area (Å²) < 4.78 is 29.2. The van der Waals surface area contributed by atoms with Crippen LogP contribution in [0.5, 0.6) is 0 Å². The molecule has 0 radical (unpaired) electrons. The number of nitrogens with zero attached hydrogens (tertiary/aromatic N) is 2. The van der Waals surface area contributed by atoms with Gasteiger partial charge in [-0.05, 0) is 56.2 Å². The van der Waals surface area contributed by atoms with Crippen LogP contribution >= 0.6 is 15.9 Å². The molecule has 0 unspecified atom stereocenters. The summed E-state index contributed by atoms with van der Waals surface area (Å²) in [5.41, 5.74) is 1.71. The molecule has 6 nitrogen and oxygen atoms in total. The van der Waals surface area contributed by atoms with E-state index >= 15 is 0 Å². The summed E-state index contributed by atoms with van der Waals surface area (Å²) in [4.78, 5) is 29.9. The van der Waals surface area contributed by atoms with Gasteiger partial charge < -0.3 is 15.2 Å². The van der Waals surface area contributed by atoms with E-state index in [2.05, 4.69) is 31.1 Å². The number of H-pyrrole nitrogens is 1. The van der Waals surface area contributed by atoms with E-state index in [9.17, 15) is 18.4 Å². The number of imidazole rings is 1. The average molecular weight is 493 g/mol. The molecule has 0 saturated carbocycles. The second kappa shape index (κ2) is 8.92. The Kier molecular flexibility index (Phi) is 6.24. The molecule has 164 valence electrons. The lowest BCUT2D eigenvalue weighted by molar-refractivity contribution is 0.0920. The molecule has 1 saturated heterocycles. The van der Waals surface area contributed by atoms with E-state index < -0.39 is 17.5 Å². The van der Waals surface area contributed by atoms with Crippen LogP contribution in [-0.4, -0.2) is 46.0 Å². The van der Waals surface area contributed by atoms with Gasteiger partial charge in [-0.15, -0.1) is 0 Å². The third-order valence-corrected chi connectivity index (χ3v) is 6.19. The summed E-state index contributed by atoms with van der Waals surface area (Å²) in [7, 11) is 0. The molecule has 0 spiro atoms. The lowest BCUT2D eigenvalue weighted by atomic mass is 10.0. The Hall–Kier alpha value is -2.52. The monoisotopic (exact) mass is 492 g/mol. The van der Waals surface area contributed by atoms with Gasteiger partial charge in [0.25, 0.3) is 5.91 Å². The molecule has 1 aliphatic rings. The first-order valence-electron chi connectivity index (χ1n) is 10.2. The van der Waals surface area contributed by atoms with E-state index in [1.54, 1.807) is 0 Å². The van der Waals surface area contributed by atoms with Crippen molar-refractivity contribution in [1.82, 2.24) is 19.8 Å². The molecule has 0 aliphatic carbocycles. The first-order valence-corrected chi connectivity index (χ1v) is 11.0. The van der Waals surface area contributed by atoms with Crippen LogP contribution in [0, 0.1) is 11.6 Å². The van der Waals surface area contributed by atoms with E-state index in [4.69, 9.17) is 0 Å². The van der Waals surface area contributed by atoms with Gasteiger partial charge in [0.15, 0.2) is 11.6 Å². The van der Waals surface area contributed by atoms with E-state index in [1.165, 1.54) is 6.07 Å². The van der Waals surface area contributed by atoms with Crippen LogP contribution in [0.2, 0.25) is 0 Å². The topological polar surface area (TPSA) is 70.1 Å². The molecule has 1 amide bonds. The minimum absolute atomic E-state index is 0.0924. The molecule has 0 bridgehead atoms. The van der Waals surface area contributed by atoms with Gasteiger partial charge in [-0.25, -0.2) is 13.6 Å². The van der Waals surface area contributed by atoms with Crippen LogP contribution in [0.3, 0.4) is 0 Å². The summed E-state index contributed by atoms with van der Waals surface area (Å²) in [5.74, 6) is -2.45. The zero-order valence-electron chi connectivity index (χ0n) is 17.0. The quantitative estimate of drug-likeness (QED) is 0.568. The van der Waals surface area contributed by atoms with Crippen LogP contribution in [0.1, 0.15) is 36.2 Å². The number of aromatic nitrogens is 2. The van der Waals surface area contributed by atoms with Crippen molar-refractivity contribution in [2.75, 3.05) is 19.6 Å². The molecular weight excluding hydrogens is 470 g/mol. The molecule has 1 fully saturated rings. The smallest absolute Gasteiger partial charge is 0.326 e. The van der Waals surface area contributed by atoms with Crippen molar-refractivity contribution in [3.8, 4) is 0 Å². The van der Waals surface area contributed by atoms with E-state index in [0.29, 0.717) is 6.54 Å². The van der Waals surface area contributed by atoms with Gasteiger partial charge >= 0.3 is 5.69 Å². The number of likely N-dealkylation sites (tertiary alicyclic amines) is 1. The summed E-state index contributed by atoms with van der Waals surface area (Å²) in [6.07, 6.45) is 1.65. The average Bonchev–Trinajstić information content (AvgIpc) is 3.05. The third kappa shape index (κ3) is 4.72. The van der Waals surface area contributed by atoms with E-state index in [-0.39, 0.29) is 23.3 Å². The van der Waals surface area contributed by atoms with E-state index in [1.807, 2.05) is 29.7 Å². The van der Waals surface area contributed by atoms with Crippen LogP contribution in [0.15, 0.2) is 45.7 Å². The Bertz CT molecular complexity index is 1170. The van der Waals surface area contributed by atoms with Gasteiger partial charge in [0.1, 0.15) is 0 Å². The normalized spacial score (nSPS) is 16.5. The van der Waals surface area contributed by atoms with Crippen molar-refractivity contribution < 1.29 is 13.6 Å². The second-order valence-electron chi connectivity index (χ2n) is 8.00. The Balaban J connectivity index is 1.34. The molecule has 31 heavy (non-hydrogen) atoms. The number of halogens is 3. The number of hydrogen-bond acceptors (Lipinski definition) is 3. The van der Waals surface area contributed by atoms with Gasteiger partial charge in [0, 0.05) is 41.8 Å². The number of benzene rings is 2. The lowest BCUT2D eigenvalue weighted by Crippen LogP contribution is -2.45. The largest absolute Gasteiger partial charge is 0.348 e. The van der Waals surface area contributed by atoms with Crippen molar-refractivity contribution in [2.45, 2.75) is 31.8 Å². The fourth-order valence-electron chi connectivity index (χ4n) is 4.20. The SMILES string of the molecule is C[C@@H](CN1CCC(n2c(=O)[nH]c3cc(Br)ccc32)CC1)NC(=O)c1ccc(F)c(F)c1. The number of piperidine rings is 1. The van der Waals surface area contributed by atoms with Crippen LogP contribution in [0.25, 0.3) is 11.0 Å². The maximum Gasteiger partial charge on any atom is 0.326 e. The fourth-order valence-corrected chi connectivity index (χ4v) is 4.56. The summed E-state index contributed by atoms with van der Waals surface area (Å²) >= 11 is 3.43. The molecule has 1 atom stereocenters. The number of carbonyl (C=O) groups is 1. The highest BCUT2D eigenvalue weighted by Crippen LogP contribution is 2.26. The van der Waals surface area contributed by atoms with Gasteiger partial charge in [0.2, 0.25) is 0 Å².